The van der Waals surface area contributed by atoms with Crippen LogP contribution in [0.2, 0.25) is 0 Å². The summed E-state index contributed by atoms with van der Waals surface area (Å²) in [7, 11) is 0. The zero-order valence-electron chi connectivity index (χ0n) is 9.94. The van der Waals surface area contributed by atoms with Crippen LogP contribution in [0.3, 0.4) is 0 Å². The van der Waals surface area contributed by atoms with Crippen molar-refractivity contribution in [3.8, 4) is 5.75 Å². The first-order chi connectivity index (χ1) is 8.94. The number of aromatic nitrogens is 1. The van der Waals surface area contributed by atoms with Gasteiger partial charge in [-0.3, -0.25) is 4.98 Å². The molecule has 0 saturated carbocycles. The molecule has 3 nitrogen and oxygen atoms in total. The van der Waals surface area contributed by atoms with E-state index in [-0.39, 0.29) is 11.8 Å². The summed E-state index contributed by atoms with van der Waals surface area (Å²) < 4.78 is 40.2. The number of nitrogens with zero attached hydrogens (tertiary/aromatic N) is 1. The number of anilines is 1. The standard InChI is InChI=1S/C12H11F3N2OS/c1-8(11-6-16-7-19-11)17-9-3-2-4-10(5-9)18-12(13,14)15/h2-8,17H,1H3. The minimum atomic E-state index is -4.68. The molecule has 2 rings (SSSR count). The van der Waals surface area contributed by atoms with Crippen LogP contribution < -0.4 is 10.1 Å². The molecule has 2 aromatic rings. The molecule has 102 valence electrons. The second-order valence-corrected chi connectivity index (χ2v) is 4.76. The molecular weight excluding hydrogens is 277 g/mol. The van der Waals surface area contributed by atoms with Crippen molar-refractivity contribution >= 4 is 17.0 Å². The average molecular weight is 288 g/mol. The largest absolute Gasteiger partial charge is 0.573 e. The highest BCUT2D eigenvalue weighted by Crippen LogP contribution is 2.27. The molecule has 1 N–H and O–H groups in total. The van der Waals surface area contributed by atoms with E-state index in [0.717, 1.165) is 4.88 Å². The first-order valence-corrected chi connectivity index (χ1v) is 6.33. The Balaban J connectivity index is 2.07. The van der Waals surface area contributed by atoms with Crippen molar-refractivity contribution in [2.45, 2.75) is 19.3 Å². The Labute approximate surface area is 112 Å². The van der Waals surface area contributed by atoms with E-state index in [2.05, 4.69) is 15.0 Å². The minimum Gasteiger partial charge on any atom is -0.406 e. The van der Waals surface area contributed by atoms with Crippen LogP contribution in [0.5, 0.6) is 5.75 Å². The molecule has 0 fully saturated rings. The van der Waals surface area contributed by atoms with E-state index in [1.54, 1.807) is 17.8 Å². The molecule has 0 saturated heterocycles. The maximum absolute atomic E-state index is 12.1. The van der Waals surface area contributed by atoms with Gasteiger partial charge in [-0.15, -0.1) is 24.5 Å². The van der Waals surface area contributed by atoms with Gasteiger partial charge in [0, 0.05) is 22.8 Å². The molecule has 0 aliphatic heterocycles. The molecule has 1 atom stereocenters. The lowest BCUT2D eigenvalue weighted by Crippen LogP contribution is -2.17. The fourth-order valence-corrected chi connectivity index (χ4v) is 2.17. The topological polar surface area (TPSA) is 34.1 Å². The highest BCUT2D eigenvalue weighted by Gasteiger charge is 2.31. The Morgan fingerprint density at radius 2 is 2.16 bits per heavy atom. The van der Waals surface area contributed by atoms with Crippen LogP contribution in [0.15, 0.2) is 36.0 Å². The lowest BCUT2D eigenvalue weighted by atomic mass is 10.2. The van der Waals surface area contributed by atoms with Crippen molar-refractivity contribution in [3.05, 3.63) is 40.8 Å². The molecule has 0 spiro atoms. The van der Waals surface area contributed by atoms with E-state index in [0.29, 0.717) is 5.69 Å². The monoisotopic (exact) mass is 288 g/mol. The number of halogens is 3. The Bertz CT molecular complexity index is 528. The van der Waals surface area contributed by atoms with Crippen LogP contribution in [0, 0.1) is 0 Å². The fraction of sp³-hybridized carbons (Fsp3) is 0.250. The summed E-state index contributed by atoms with van der Waals surface area (Å²) in [5, 5.41) is 3.09. The molecule has 19 heavy (non-hydrogen) atoms. The van der Waals surface area contributed by atoms with E-state index < -0.39 is 6.36 Å². The third-order valence-electron chi connectivity index (χ3n) is 2.33. The van der Waals surface area contributed by atoms with Crippen molar-refractivity contribution in [1.29, 1.82) is 0 Å². The van der Waals surface area contributed by atoms with Crippen molar-refractivity contribution in [2.24, 2.45) is 0 Å². The first kappa shape index (κ1) is 13.7. The second-order valence-electron chi connectivity index (χ2n) is 3.85. The third kappa shape index (κ3) is 4.13. The number of nitrogens with one attached hydrogen (secondary N) is 1. The van der Waals surface area contributed by atoms with Gasteiger partial charge < -0.3 is 10.1 Å². The number of hydrogen-bond acceptors (Lipinski definition) is 4. The van der Waals surface area contributed by atoms with Crippen LogP contribution in [0.25, 0.3) is 0 Å². The lowest BCUT2D eigenvalue weighted by molar-refractivity contribution is -0.274. The Morgan fingerprint density at radius 3 is 2.79 bits per heavy atom. The summed E-state index contributed by atoms with van der Waals surface area (Å²) in [6.45, 7) is 1.91. The van der Waals surface area contributed by atoms with E-state index in [1.165, 1.54) is 29.5 Å². The van der Waals surface area contributed by atoms with Gasteiger partial charge in [-0.1, -0.05) is 6.07 Å². The summed E-state index contributed by atoms with van der Waals surface area (Å²) in [5.41, 5.74) is 2.26. The van der Waals surface area contributed by atoms with Gasteiger partial charge in [0.05, 0.1) is 11.6 Å². The number of rotatable bonds is 4. The molecule has 0 amide bonds. The van der Waals surface area contributed by atoms with Gasteiger partial charge in [0.15, 0.2) is 0 Å². The predicted molar refractivity (Wildman–Crippen MR) is 67.3 cm³/mol. The van der Waals surface area contributed by atoms with Crippen molar-refractivity contribution in [2.75, 3.05) is 5.32 Å². The molecule has 1 aromatic carbocycles. The maximum atomic E-state index is 12.1. The number of ether oxygens (including phenoxy) is 1. The van der Waals surface area contributed by atoms with Crippen molar-refractivity contribution in [1.82, 2.24) is 4.98 Å². The van der Waals surface area contributed by atoms with Crippen molar-refractivity contribution in [3.63, 3.8) is 0 Å². The summed E-state index contributed by atoms with van der Waals surface area (Å²) in [6.07, 6.45) is -2.96. The molecule has 1 heterocycles. The molecular formula is C12H11F3N2OS. The number of benzene rings is 1. The Kier molecular flexibility index (Phi) is 3.94. The van der Waals surface area contributed by atoms with E-state index in [9.17, 15) is 13.2 Å². The number of hydrogen-bond donors (Lipinski definition) is 1. The number of thiazole rings is 1. The highest BCUT2D eigenvalue weighted by atomic mass is 32.1. The van der Waals surface area contributed by atoms with Gasteiger partial charge in [-0.2, -0.15) is 0 Å². The smallest absolute Gasteiger partial charge is 0.406 e. The van der Waals surface area contributed by atoms with Crippen LogP contribution >= 0.6 is 11.3 Å². The summed E-state index contributed by atoms with van der Waals surface area (Å²) in [6, 6.07) is 5.72. The van der Waals surface area contributed by atoms with Crippen molar-refractivity contribution < 1.29 is 17.9 Å². The molecule has 0 radical (unpaired) electrons. The minimum absolute atomic E-state index is 0.0337. The van der Waals surface area contributed by atoms with Crippen LogP contribution in [-0.2, 0) is 0 Å². The zero-order valence-corrected chi connectivity index (χ0v) is 10.8. The Hall–Kier alpha value is -1.76. The molecule has 0 bridgehead atoms. The number of alkyl halides is 3. The molecule has 0 aliphatic rings. The van der Waals surface area contributed by atoms with Gasteiger partial charge in [-0.25, -0.2) is 0 Å². The normalized spacial score (nSPS) is 13.1. The summed E-state index contributed by atoms with van der Waals surface area (Å²) >= 11 is 1.48. The van der Waals surface area contributed by atoms with E-state index >= 15 is 0 Å². The summed E-state index contributed by atoms with van der Waals surface area (Å²) in [5.74, 6) is -0.242. The summed E-state index contributed by atoms with van der Waals surface area (Å²) in [4.78, 5) is 4.96. The third-order valence-corrected chi connectivity index (χ3v) is 3.29. The Morgan fingerprint density at radius 1 is 1.37 bits per heavy atom. The first-order valence-electron chi connectivity index (χ1n) is 5.45. The highest BCUT2D eigenvalue weighted by molar-refractivity contribution is 7.09. The van der Waals surface area contributed by atoms with Crippen LogP contribution in [0.1, 0.15) is 17.8 Å². The lowest BCUT2D eigenvalue weighted by Gasteiger charge is -2.15. The fourth-order valence-electron chi connectivity index (χ4n) is 1.54. The molecule has 1 aromatic heterocycles. The molecule has 1 unspecified atom stereocenters. The van der Waals surface area contributed by atoms with Gasteiger partial charge in [-0.05, 0) is 19.1 Å². The quantitative estimate of drug-likeness (QED) is 0.915. The second kappa shape index (κ2) is 5.48. The predicted octanol–water partition coefficient (Wildman–Crippen LogP) is 4.21. The average Bonchev–Trinajstić information content (AvgIpc) is 2.80. The zero-order chi connectivity index (χ0) is 13.9. The van der Waals surface area contributed by atoms with E-state index in [1.807, 2.05) is 6.92 Å². The SMILES string of the molecule is CC(Nc1cccc(OC(F)(F)F)c1)c1cncs1. The molecule has 0 aliphatic carbocycles. The van der Waals surface area contributed by atoms with Gasteiger partial charge in [0.2, 0.25) is 0 Å². The molecule has 7 heteroatoms. The maximum Gasteiger partial charge on any atom is 0.573 e. The van der Waals surface area contributed by atoms with Gasteiger partial charge >= 0.3 is 6.36 Å². The van der Waals surface area contributed by atoms with Gasteiger partial charge in [0.25, 0.3) is 0 Å². The van der Waals surface area contributed by atoms with Crippen LogP contribution in [-0.4, -0.2) is 11.3 Å². The van der Waals surface area contributed by atoms with E-state index in [4.69, 9.17) is 0 Å². The van der Waals surface area contributed by atoms with Gasteiger partial charge in [0.1, 0.15) is 5.75 Å². The van der Waals surface area contributed by atoms with Crippen LogP contribution in [0.4, 0.5) is 18.9 Å².